The molecule has 9 nitrogen and oxygen atoms in total. The number of aliphatic hydroxyl groups is 2. The fourth-order valence-electron chi connectivity index (χ4n) is 13.6. The van der Waals surface area contributed by atoms with Crippen molar-refractivity contribution in [2.75, 3.05) is 6.61 Å². The quantitative estimate of drug-likeness (QED) is 0.265. The maximum absolute atomic E-state index is 14.7. The average Bonchev–Trinajstić information content (AvgIpc) is 3.02. The van der Waals surface area contributed by atoms with Gasteiger partial charge in [-0.25, -0.2) is 0 Å². The number of hydrogen-bond acceptors (Lipinski definition) is 6. The van der Waals surface area contributed by atoms with E-state index in [4.69, 9.17) is 0 Å². The summed E-state index contributed by atoms with van der Waals surface area (Å²) in [5.74, 6) is -0.203. The Balaban J connectivity index is 1.24. The molecule has 0 unspecified atom stereocenters. The smallest absolute Gasteiger partial charge is 0.245 e. The molecule has 1 aliphatic heterocycles. The topological polar surface area (TPSA) is 139 Å². The highest BCUT2D eigenvalue weighted by Gasteiger charge is 2.70. The molecule has 4 N–H and O–H groups in total. The normalized spacial score (nSPS) is 45.2. The minimum atomic E-state index is -1.10. The van der Waals surface area contributed by atoms with Crippen LogP contribution in [0.4, 0.5) is 0 Å². The summed E-state index contributed by atoms with van der Waals surface area (Å²) in [5.41, 5.74) is -1.74. The summed E-state index contributed by atoms with van der Waals surface area (Å²) in [6.07, 6.45) is 10.3. The number of nitrogens with one attached hydrogen (secondary N) is 2. The Morgan fingerprint density at radius 1 is 0.863 bits per heavy atom. The maximum Gasteiger partial charge on any atom is 0.245 e. The van der Waals surface area contributed by atoms with Crippen LogP contribution < -0.4 is 10.6 Å². The van der Waals surface area contributed by atoms with Crippen LogP contribution in [0.25, 0.3) is 0 Å². The SMILES string of the molecule is CC1(C)[C@@H](O)CC[C@]2(C)[C@H]3C(=O)C=C4[C@@H]5C[C@@](C)(C(=O)N[C@H](CO)C(=O)NC6CC(C)(C)N([O])C(C)(C)C6)CC[C@]5(C)CC[C@@]4(C)[C@]3(C)CC[C@@H]12. The van der Waals surface area contributed by atoms with E-state index in [1.807, 2.05) is 40.7 Å². The predicted molar refractivity (Wildman–Crippen MR) is 196 cm³/mol. The molecule has 2 amide bonds. The fourth-order valence-corrected chi connectivity index (χ4v) is 13.6. The van der Waals surface area contributed by atoms with Crippen LogP contribution in [0.3, 0.4) is 0 Å². The molecule has 0 spiro atoms. The molecule has 0 aromatic carbocycles. The highest BCUT2D eigenvalue weighted by atomic mass is 16.5. The number of rotatable bonds is 5. The summed E-state index contributed by atoms with van der Waals surface area (Å²) in [7, 11) is 0. The molecule has 5 fully saturated rings. The van der Waals surface area contributed by atoms with Gasteiger partial charge in [0.25, 0.3) is 0 Å². The standard InChI is InChI=1S/C42H68N3O6/c1-35(2)21-25(22-36(3,4)45(35)51)43-33(49)28(24-46)44-34(50)39(8)17-16-38(7)18-19-41(10)26(27(38)23-39)20-29(47)32-40(9)14-13-31(48)37(5,6)30(40)12-15-42(32,41)11/h20,25,27-28,30-32,46,48H,12-19,21-24H2,1-11H3,(H,43,49)(H,44,50)/t27-,28+,30-,31-,32+,38+,39-,40-,41+,42+/m0/s1. The van der Waals surface area contributed by atoms with Crippen molar-refractivity contribution in [2.45, 2.75) is 176 Å². The number of fused-ring (bicyclic) bond motifs is 7. The number of aliphatic hydroxyl groups excluding tert-OH is 2. The Bertz CT molecular complexity index is 1470. The molecular weight excluding hydrogens is 642 g/mol. The van der Waals surface area contributed by atoms with E-state index in [0.29, 0.717) is 25.7 Å². The second-order valence-corrected chi connectivity index (χ2v) is 21.4. The molecule has 6 rings (SSSR count). The number of hydrogen-bond donors (Lipinski definition) is 4. The van der Waals surface area contributed by atoms with Crippen LogP contribution in [0.5, 0.6) is 0 Å². The first-order valence-electron chi connectivity index (χ1n) is 20.0. The summed E-state index contributed by atoms with van der Waals surface area (Å²) < 4.78 is 0. The zero-order valence-electron chi connectivity index (χ0n) is 33.5. The van der Waals surface area contributed by atoms with Crippen LogP contribution in [0, 0.1) is 50.2 Å². The van der Waals surface area contributed by atoms with Gasteiger partial charge in [0, 0.05) is 28.5 Å². The summed E-state index contributed by atoms with van der Waals surface area (Å²) in [4.78, 5) is 42.4. The van der Waals surface area contributed by atoms with Gasteiger partial charge in [-0.1, -0.05) is 54.0 Å². The number of carbonyl (C=O) groups is 3. The van der Waals surface area contributed by atoms with E-state index in [0.717, 1.165) is 50.0 Å². The molecule has 9 heteroatoms. The van der Waals surface area contributed by atoms with Crippen LogP contribution in [0.2, 0.25) is 0 Å². The van der Waals surface area contributed by atoms with E-state index in [9.17, 15) is 29.8 Å². The first kappa shape index (κ1) is 38.9. The lowest BCUT2D eigenvalue weighted by molar-refractivity contribution is -0.290. The van der Waals surface area contributed by atoms with Gasteiger partial charge in [-0.2, -0.15) is 0 Å². The third kappa shape index (κ3) is 5.71. The Kier molecular flexibility index (Phi) is 9.23. The number of ketones is 1. The van der Waals surface area contributed by atoms with E-state index in [2.05, 4.69) is 52.2 Å². The van der Waals surface area contributed by atoms with Crippen molar-refractivity contribution in [2.24, 2.45) is 50.2 Å². The summed E-state index contributed by atoms with van der Waals surface area (Å²) in [6.45, 7) is 22.8. The molecule has 0 bridgehead atoms. The Morgan fingerprint density at radius 3 is 2.08 bits per heavy atom. The molecule has 4 saturated carbocycles. The molecule has 1 radical (unpaired) electrons. The molecule has 0 aromatic rings. The van der Waals surface area contributed by atoms with E-state index in [1.54, 1.807) is 0 Å². The van der Waals surface area contributed by atoms with E-state index < -0.39 is 35.0 Å². The van der Waals surface area contributed by atoms with Gasteiger partial charge in [0.2, 0.25) is 11.8 Å². The van der Waals surface area contributed by atoms with Gasteiger partial charge in [0.15, 0.2) is 5.78 Å². The number of piperidine rings is 1. The van der Waals surface area contributed by atoms with Crippen molar-refractivity contribution in [3.05, 3.63) is 11.6 Å². The van der Waals surface area contributed by atoms with Crippen LogP contribution in [-0.4, -0.2) is 68.7 Å². The lowest BCUT2D eigenvalue weighted by atomic mass is 9.33. The Morgan fingerprint density at radius 2 is 1.47 bits per heavy atom. The van der Waals surface area contributed by atoms with Gasteiger partial charge >= 0.3 is 0 Å². The third-order valence-corrected chi connectivity index (χ3v) is 16.8. The monoisotopic (exact) mass is 711 g/mol. The molecule has 1 heterocycles. The van der Waals surface area contributed by atoms with Gasteiger partial charge in [-0.3, -0.25) is 14.4 Å². The van der Waals surface area contributed by atoms with Crippen molar-refractivity contribution < 1.29 is 29.8 Å². The largest absolute Gasteiger partial charge is 0.394 e. The second-order valence-electron chi connectivity index (χ2n) is 21.4. The van der Waals surface area contributed by atoms with Gasteiger partial charge < -0.3 is 20.8 Å². The van der Waals surface area contributed by atoms with E-state index in [-0.39, 0.29) is 68.7 Å². The predicted octanol–water partition coefficient (Wildman–Crippen LogP) is 6.29. The highest BCUT2D eigenvalue weighted by molar-refractivity contribution is 5.96. The van der Waals surface area contributed by atoms with E-state index >= 15 is 0 Å². The second kappa shape index (κ2) is 12.1. The van der Waals surface area contributed by atoms with Gasteiger partial charge in [0.05, 0.1) is 12.7 Å². The summed E-state index contributed by atoms with van der Waals surface area (Å²) in [5, 5.41) is 41.3. The third-order valence-electron chi connectivity index (χ3n) is 16.8. The van der Waals surface area contributed by atoms with Crippen LogP contribution >= 0.6 is 0 Å². The lowest BCUT2D eigenvalue weighted by Gasteiger charge is -2.70. The number of carbonyl (C=O) groups excluding carboxylic acids is 3. The molecule has 6 aliphatic rings. The minimum absolute atomic E-state index is 0.0313. The van der Waals surface area contributed by atoms with Crippen LogP contribution in [0.1, 0.15) is 147 Å². The van der Waals surface area contributed by atoms with Gasteiger partial charge in [-0.15, -0.1) is 10.3 Å². The van der Waals surface area contributed by atoms with Crippen molar-refractivity contribution in [3.63, 3.8) is 0 Å². The fraction of sp³-hybridized carbons (Fsp3) is 0.881. The molecule has 51 heavy (non-hydrogen) atoms. The van der Waals surface area contributed by atoms with Crippen LogP contribution in [-0.2, 0) is 19.6 Å². The van der Waals surface area contributed by atoms with Crippen molar-refractivity contribution >= 4 is 17.6 Å². The van der Waals surface area contributed by atoms with Crippen LogP contribution in [0.15, 0.2) is 11.6 Å². The average molecular weight is 711 g/mol. The maximum atomic E-state index is 14.7. The summed E-state index contributed by atoms with van der Waals surface area (Å²) in [6, 6.07) is -1.35. The zero-order chi connectivity index (χ0) is 38.0. The van der Waals surface area contributed by atoms with Crippen molar-refractivity contribution in [1.82, 2.24) is 15.7 Å². The highest BCUT2D eigenvalue weighted by Crippen LogP contribution is 2.75. The molecule has 287 valence electrons. The first-order valence-corrected chi connectivity index (χ1v) is 20.0. The molecule has 10 atom stereocenters. The Hall–Kier alpha value is -1.81. The lowest BCUT2D eigenvalue weighted by Crippen LogP contribution is -2.66. The molecule has 5 aliphatic carbocycles. The zero-order valence-corrected chi connectivity index (χ0v) is 33.5. The summed E-state index contributed by atoms with van der Waals surface area (Å²) >= 11 is 0. The minimum Gasteiger partial charge on any atom is -0.394 e. The van der Waals surface area contributed by atoms with Crippen molar-refractivity contribution in [1.29, 1.82) is 0 Å². The number of allylic oxidation sites excluding steroid dienone is 2. The Labute approximate surface area is 307 Å². The first-order chi connectivity index (χ1) is 23.3. The van der Waals surface area contributed by atoms with Gasteiger partial charge in [0.1, 0.15) is 6.04 Å². The number of amides is 2. The molecule has 1 saturated heterocycles. The number of hydroxylamine groups is 2. The van der Waals surface area contributed by atoms with E-state index in [1.165, 1.54) is 5.57 Å². The van der Waals surface area contributed by atoms with Gasteiger partial charge in [-0.05, 0) is 143 Å². The number of nitrogens with zero attached hydrogens (tertiary/aromatic N) is 1. The molecular formula is C42H68N3O6. The molecule has 0 aromatic heterocycles. The van der Waals surface area contributed by atoms with Crippen molar-refractivity contribution in [3.8, 4) is 0 Å².